The Morgan fingerprint density at radius 3 is 1.85 bits per heavy atom. The molecule has 2 rings (SSSR count). The average Bonchev–Trinajstić information content (AvgIpc) is 2.52. The molecule has 0 aliphatic rings. The summed E-state index contributed by atoms with van der Waals surface area (Å²) < 4.78 is 63.4. The number of hydrogen-bond acceptors (Lipinski definition) is 4. The van der Waals surface area contributed by atoms with Crippen molar-refractivity contribution in [3.63, 3.8) is 0 Å². The number of para-hydroxylation sites is 1. The lowest BCUT2D eigenvalue weighted by Gasteiger charge is -2.09. The zero-order chi connectivity index (χ0) is 19.3. The molecule has 26 heavy (non-hydrogen) atoms. The Morgan fingerprint density at radius 1 is 0.808 bits per heavy atom. The molecule has 0 saturated heterocycles. The highest BCUT2D eigenvalue weighted by atomic mass is 32.2. The predicted octanol–water partition coefficient (Wildman–Crippen LogP) is 2.10. The Morgan fingerprint density at radius 2 is 1.31 bits per heavy atom. The molecule has 0 aromatic heterocycles. The fourth-order valence-corrected chi connectivity index (χ4v) is 3.02. The number of halogens is 3. The first-order valence-corrected chi connectivity index (χ1v) is 8.98. The van der Waals surface area contributed by atoms with Crippen LogP contribution in [-0.2, 0) is 19.4 Å². The van der Waals surface area contributed by atoms with Gasteiger partial charge in [-0.3, -0.25) is 9.59 Å². The minimum absolute atomic E-state index is 0.171. The number of hydrogen-bond donors (Lipinski definition) is 2. The molecule has 138 valence electrons. The van der Waals surface area contributed by atoms with E-state index in [2.05, 4.69) is 5.32 Å². The molecule has 0 heterocycles. The first-order valence-electron chi connectivity index (χ1n) is 7.16. The van der Waals surface area contributed by atoms with E-state index in [0.29, 0.717) is 0 Å². The van der Waals surface area contributed by atoms with Gasteiger partial charge in [0.2, 0.25) is 11.8 Å². The van der Waals surface area contributed by atoms with Gasteiger partial charge in [-0.15, -0.1) is 0 Å². The smallest absolute Gasteiger partial charge is 0.239 e. The van der Waals surface area contributed by atoms with Gasteiger partial charge < -0.3 is 10.6 Å². The van der Waals surface area contributed by atoms with E-state index in [1.165, 1.54) is 12.1 Å². The van der Waals surface area contributed by atoms with Crippen LogP contribution in [0, 0.1) is 17.5 Å². The molecule has 2 aromatic rings. The fourth-order valence-electron chi connectivity index (χ4n) is 1.97. The van der Waals surface area contributed by atoms with Gasteiger partial charge in [0.1, 0.15) is 34.6 Å². The van der Waals surface area contributed by atoms with Gasteiger partial charge in [-0.1, -0.05) is 6.07 Å². The standard InChI is InChI=1S/C16H13F3N2O4S/c17-10-4-6-11(7-5-10)20-14(22)8-26(24,25)9-15(23)21-16-12(18)2-1-3-13(16)19/h1-7H,8-9H2,(H,20,22)(H,21,23). The monoisotopic (exact) mass is 386 g/mol. The maximum absolute atomic E-state index is 13.4. The summed E-state index contributed by atoms with van der Waals surface area (Å²) in [6.07, 6.45) is 0. The summed E-state index contributed by atoms with van der Waals surface area (Å²) in [5, 5.41) is 4.05. The molecule has 0 radical (unpaired) electrons. The van der Waals surface area contributed by atoms with E-state index in [0.717, 1.165) is 30.3 Å². The summed E-state index contributed by atoms with van der Waals surface area (Å²) in [6.45, 7) is 0. The van der Waals surface area contributed by atoms with Crippen molar-refractivity contribution in [1.82, 2.24) is 0 Å². The van der Waals surface area contributed by atoms with Crippen LogP contribution in [0.2, 0.25) is 0 Å². The Kier molecular flexibility index (Phi) is 5.98. The molecule has 2 aromatic carbocycles. The van der Waals surface area contributed by atoms with Crippen LogP contribution in [0.4, 0.5) is 24.5 Å². The summed E-state index contributed by atoms with van der Waals surface area (Å²) in [5.41, 5.74) is -0.604. The topological polar surface area (TPSA) is 92.3 Å². The van der Waals surface area contributed by atoms with Crippen molar-refractivity contribution in [1.29, 1.82) is 0 Å². The van der Waals surface area contributed by atoms with Gasteiger partial charge in [0.05, 0.1) is 0 Å². The third-order valence-corrected chi connectivity index (χ3v) is 4.46. The van der Waals surface area contributed by atoms with Gasteiger partial charge in [-0.2, -0.15) is 0 Å². The minimum atomic E-state index is -4.20. The summed E-state index contributed by atoms with van der Waals surface area (Å²) in [4.78, 5) is 23.4. The molecule has 2 amide bonds. The second kappa shape index (κ2) is 8.00. The van der Waals surface area contributed by atoms with Crippen LogP contribution in [0.15, 0.2) is 42.5 Å². The maximum Gasteiger partial charge on any atom is 0.239 e. The molecule has 0 atom stereocenters. The zero-order valence-corrected chi connectivity index (χ0v) is 13.9. The highest BCUT2D eigenvalue weighted by molar-refractivity contribution is 7.92. The number of amides is 2. The van der Waals surface area contributed by atoms with Gasteiger partial charge in [-0.25, -0.2) is 21.6 Å². The van der Waals surface area contributed by atoms with Crippen LogP contribution in [0.25, 0.3) is 0 Å². The van der Waals surface area contributed by atoms with Gasteiger partial charge in [0, 0.05) is 5.69 Å². The Labute approximate surface area is 146 Å². The van der Waals surface area contributed by atoms with Gasteiger partial charge in [-0.05, 0) is 36.4 Å². The van der Waals surface area contributed by atoms with Crippen molar-refractivity contribution < 1.29 is 31.2 Å². The molecule has 0 bridgehead atoms. The largest absolute Gasteiger partial charge is 0.325 e. The molecule has 6 nitrogen and oxygen atoms in total. The van der Waals surface area contributed by atoms with Crippen LogP contribution in [0.5, 0.6) is 0 Å². The number of anilines is 2. The van der Waals surface area contributed by atoms with Crippen molar-refractivity contribution in [3.8, 4) is 0 Å². The Hall–Kier alpha value is -2.88. The second-order valence-electron chi connectivity index (χ2n) is 5.23. The fraction of sp³-hybridized carbons (Fsp3) is 0.125. The Balaban J connectivity index is 1.96. The number of rotatable bonds is 6. The van der Waals surface area contributed by atoms with Crippen molar-refractivity contribution in [2.45, 2.75) is 0 Å². The van der Waals surface area contributed by atoms with Crippen molar-refractivity contribution in [2.75, 3.05) is 22.1 Å². The lowest BCUT2D eigenvalue weighted by atomic mass is 10.3. The molecule has 0 spiro atoms. The van der Waals surface area contributed by atoms with Crippen molar-refractivity contribution in [2.24, 2.45) is 0 Å². The first kappa shape index (κ1) is 19.4. The molecular weight excluding hydrogens is 373 g/mol. The molecule has 0 saturated carbocycles. The lowest BCUT2D eigenvalue weighted by Crippen LogP contribution is -2.30. The second-order valence-corrected chi connectivity index (χ2v) is 7.30. The summed E-state index contributed by atoms with van der Waals surface area (Å²) in [5.74, 6) is -6.97. The molecule has 2 N–H and O–H groups in total. The number of nitrogens with one attached hydrogen (secondary N) is 2. The normalized spacial score (nSPS) is 11.0. The number of sulfone groups is 1. The SMILES string of the molecule is O=C(CS(=O)(=O)CC(=O)Nc1c(F)cccc1F)Nc1ccc(F)cc1. The van der Waals surface area contributed by atoms with E-state index in [1.807, 2.05) is 5.32 Å². The molecular formula is C16H13F3N2O4S. The van der Waals surface area contributed by atoms with Gasteiger partial charge in [0.25, 0.3) is 0 Å². The quantitative estimate of drug-likeness (QED) is 0.795. The van der Waals surface area contributed by atoms with E-state index in [1.54, 1.807) is 0 Å². The third kappa shape index (κ3) is 5.59. The third-order valence-electron chi connectivity index (χ3n) is 3.06. The molecule has 0 fully saturated rings. The first-order chi connectivity index (χ1) is 12.2. The van der Waals surface area contributed by atoms with E-state index in [4.69, 9.17) is 0 Å². The van der Waals surface area contributed by atoms with E-state index in [9.17, 15) is 31.2 Å². The van der Waals surface area contributed by atoms with Crippen LogP contribution in [-0.4, -0.2) is 31.7 Å². The number of carbonyl (C=O) groups is 2. The predicted molar refractivity (Wildman–Crippen MR) is 88.7 cm³/mol. The van der Waals surface area contributed by atoms with Crippen LogP contribution in [0.3, 0.4) is 0 Å². The zero-order valence-electron chi connectivity index (χ0n) is 13.1. The van der Waals surface area contributed by atoms with E-state index >= 15 is 0 Å². The van der Waals surface area contributed by atoms with Gasteiger partial charge in [0.15, 0.2) is 9.84 Å². The molecule has 0 aliphatic heterocycles. The van der Waals surface area contributed by atoms with Crippen LogP contribution < -0.4 is 10.6 Å². The number of carbonyl (C=O) groups excluding carboxylic acids is 2. The van der Waals surface area contributed by atoms with Crippen molar-refractivity contribution >= 4 is 33.0 Å². The highest BCUT2D eigenvalue weighted by Gasteiger charge is 2.22. The molecule has 10 heteroatoms. The molecule has 0 aliphatic carbocycles. The summed E-state index contributed by atoms with van der Waals surface area (Å²) in [6, 6.07) is 7.46. The minimum Gasteiger partial charge on any atom is -0.325 e. The van der Waals surface area contributed by atoms with Gasteiger partial charge >= 0.3 is 0 Å². The maximum atomic E-state index is 13.4. The summed E-state index contributed by atoms with van der Waals surface area (Å²) in [7, 11) is -4.20. The lowest BCUT2D eigenvalue weighted by molar-refractivity contribution is -0.114. The average molecular weight is 386 g/mol. The highest BCUT2D eigenvalue weighted by Crippen LogP contribution is 2.18. The van der Waals surface area contributed by atoms with Crippen LogP contribution in [0.1, 0.15) is 0 Å². The van der Waals surface area contributed by atoms with E-state index < -0.39 is 56.3 Å². The summed E-state index contributed by atoms with van der Waals surface area (Å²) >= 11 is 0. The molecule has 0 unspecified atom stereocenters. The van der Waals surface area contributed by atoms with Crippen molar-refractivity contribution in [3.05, 3.63) is 59.9 Å². The Bertz CT molecular complexity index is 911. The number of benzene rings is 2. The van der Waals surface area contributed by atoms with Crippen LogP contribution >= 0.6 is 0 Å². The van der Waals surface area contributed by atoms with E-state index in [-0.39, 0.29) is 5.69 Å².